The molecule has 100 valence electrons. The summed E-state index contributed by atoms with van der Waals surface area (Å²) in [5.41, 5.74) is 1.33. The topological polar surface area (TPSA) is 74.2 Å². The van der Waals surface area contributed by atoms with Crippen molar-refractivity contribution in [3.63, 3.8) is 0 Å². The van der Waals surface area contributed by atoms with Crippen LogP contribution in [-0.2, 0) is 0 Å². The number of unbranched alkanes of at least 4 members (excludes halogenated alkanes) is 2. The zero-order valence-corrected chi connectivity index (χ0v) is 10.8. The smallest absolute Gasteiger partial charge is 0.269 e. The highest BCUT2D eigenvalue weighted by atomic mass is 16.2. The average Bonchev–Trinajstić information content (AvgIpc) is 2.39. The summed E-state index contributed by atoms with van der Waals surface area (Å²) in [4.78, 5) is 15.6. The van der Waals surface area contributed by atoms with Crippen molar-refractivity contribution >= 4 is 11.6 Å². The van der Waals surface area contributed by atoms with Gasteiger partial charge in [-0.25, -0.2) is 0 Å². The summed E-state index contributed by atoms with van der Waals surface area (Å²) in [7, 11) is 0. The van der Waals surface area contributed by atoms with Gasteiger partial charge in [-0.05, 0) is 38.3 Å². The minimum Gasteiger partial charge on any atom is -0.396 e. The molecular weight excluding hydrogens is 230 g/mol. The summed E-state index contributed by atoms with van der Waals surface area (Å²) in [5.74, 6) is -0.151. The van der Waals surface area contributed by atoms with Crippen LogP contribution in [0.1, 0.15) is 36.7 Å². The van der Waals surface area contributed by atoms with Crippen molar-refractivity contribution in [3.05, 3.63) is 24.0 Å². The Morgan fingerprint density at radius 2 is 2.22 bits per heavy atom. The molecule has 0 bridgehead atoms. The van der Waals surface area contributed by atoms with Gasteiger partial charge in [0.2, 0.25) is 0 Å². The van der Waals surface area contributed by atoms with Crippen LogP contribution in [0.15, 0.2) is 18.3 Å². The zero-order valence-electron chi connectivity index (χ0n) is 10.8. The van der Waals surface area contributed by atoms with E-state index in [1.54, 1.807) is 12.3 Å². The second-order valence-corrected chi connectivity index (χ2v) is 4.00. The Hall–Kier alpha value is -1.62. The lowest BCUT2D eigenvalue weighted by atomic mass is 10.2. The number of aliphatic hydroxyl groups excluding tert-OH is 1. The summed E-state index contributed by atoms with van der Waals surface area (Å²) in [6.45, 7) is 3.55. The number of amides is 1. The predicted octanol–water partition coefficient (Wildman–Crippen LogP) is 1.41. The first-order valence-corrected chi connectivity index (χ1v) is 6.37. The third-order valence-electron chi connectivity index (χ3n) is 2.49. The van der Waals surface area contributed by atoms with Gasteiger partial charge in [-0.3, -0.25) is 9.78 Å². The first kappa shape index (κ1) is 14.4. The number of hydrogen-bond donors (Lipinski definition) is 3. The number of nitrogens with one attached hydrogen (secondary N) is 2. The monoisotopic (exact) mass is 251 g/mol. The highest BCUT2D eigenvalue weighted by molar-refractivity contribution is 5.93. The fourth-order valence-corrected chi connectivity index (χ4v) is 1.56. The van der Waals surface area contributed by atoms with E-state index in [0.29, 0.717) is 12.2 Å². The summed E-state index contributed by atoms with van der Waals surface area (Å²) < 4.78 is 0. The number of aromatic nitrogens is 1. The molecule has 0 unspecified atom stereocenters. The third-order valence-corrected chi connectivity index (χ3v) is 2.49. The maximum atomic E-state index is 11.6. The SMILES string of the molecule is CCNC(=O)c1cc(NCCCCCO)ccn1. The van der Waals surface area contributed by atoms with Crippen molar-refractivity contribution in [1.29, 1.82) is 0 Å². The number of anilines is 1. The Morgan fingerprint density at radius 3 is 2.94 bits per heavy atom. The maximum Gasteiger partial charge on any atom is 0.269 e. The number of rotatable bonds is 8. The van der Waals surface area contributed by atoms with Gasteiger partial charge in [0.25, 0.3) is 5.91 Å². The third kappa shape index (κ3) is 5.14. The molecule has 0 atom stereocenters. The summed E-state index contributed by atoms with van der Waals surface area (Å²) in [6, 6.07) is 3.59. The number of pyridine rings is 1. The van der Waals surface area contributed by atoms with Crippen LogP contribution in [0.5, 0.6) is 0 Å². The molecular formula is C13H21N3O2. The van der Waals surface area contributed by atoms with Crippen LogP contribution in [0.3, 0.4) is 0 Å². The van der Waals surface area contributed by atoms with E-state index < -0.39 is 0 Å². The van der Waals surface area contributed by atoms with Crippen LogP contribution in [0, 0.1) is 0 Å². The Kier molecular flexibility index (Phi) is 6.79. The number of carbonyl (C=O) groups is 1. The van der Waals surface area contributed by atoms with E-state index in [4.69, 9.17) is 5.11 Å². The van der Waals surface area contributed by atoms with Crippen LogP contribution in [-0.4, -0.2) is 35.7 Å². The minimum absolute atomic E-state index is 0.151. The quantitative estimate of drug-likeness (QED) is 0.611. The molecule has 0 saturated heterocycles. The number of aliphatic hydroxyl groups is 1. The molecule has 5 heteroatoms. The molecule has 0 aliphatic carbocycles. The summed E-state index contributed by atoms with van der Waals surface area (Å²) in [6.07, 6.45) is 4.46. The van der Waals surface area contributed by atoms with E-state index in [0.717, 1.165) is 31.5 Å². The number of carbonyl (C=O) groups excluding carboxylic acids is 1. The van der Waals surface area contributed by atoms with E-state index in [9.17, 15) is 4.79 Å². The van der Waals surface area contributed by atoms with E-state index in [1.165, 1.54) is 0 Å². The molecule has 1 heterocycles. The van der Waals surface area contributed by atoms with Gasteiger partial charge in [-0.1, -0.05) is 0 Å². The minimum atomic E-state index is -0.151. The van der Waals surface area contributed by atoms with E-state index in [-0.39, 0.29) is 12.5 Å². The lowest BCUT2D eigenvalue weighted by molar-refractivity contribution is 0.0951. The van der Waals surface area contributed by atoms with Crippen LogP contribution in [0.4, 0.5) is 5.69 Å². The van der Waals surface area contributed by atoms with Crippen LogP contribution in [0.2, 0.25) is 0 Å². The van der Waals surface area contributed by atoms with Crippen molar-refractivity contribution in [2.45, 2.75) is 26.2 Å². The van der Waals surface area contributed by atoms with Gasteiger partial charge >= 0.3 is 0 Å². The molecule has 1 aromatic rings. The van der Waals surface area contributed by atoms with Crippen LogP contribution < -0.4 is 10.6 Å². The van der Waals surface area contributed by atoms with Gasteiger partial charge in [0.1, 0.15) is 5.69 Å². The molecule has 0 saturated carbocycles. The Bertz CT molecular complexity index is 369. The van der Waals surface area contributed by atoms with Gasteiger partial charge in [-0.15, -0.1) is 0 Å². The molecule has 0 aliphatic heterocycles. The van der Waals surface area contributed by atoms with Crippen molar-refractivity contribution in [3.8, 4) is 0 Å². The molecule has 5 nitrogen and oxygen atoms in total. The van der Waals surface area contributed by atoms with E-state index in [1.807, 2.05) is 13.0 Å². The lowest BCUT2D eigenvalue weighted by Gasteiger charge is -2.07. The highest BCUT2D eigenvalue weighted by Crippen LogP contribution is 2.08. The highest BCUT2D eigenvalue weighted by Gasteiger charge is 2.05. The van der Waals surface area contributed by atoms with Crippen molar-refractivity contribution in [1.82, 2.24) is 10.3 Å². The Balaban J connectivity index is 2.42. The Labute approximate surface area is 108 Å². The van der Waals surface area contributed by atoms with Gasteiger partial charge in [0, 0.05) is 31.6 Å². The summed E-state index contributed by atoms with van der Waals surface area (Å²) >= 11 is 0. The van der Waals surface area contributed by atoms with Crippen LogP contribution in [0.25, 0.3) is 0 Å². The zero-order chi connectivity index (χ0) is 13.2. The second-order valence-electron chi connectivity index (χ2n) is 4.00. The second kappa shape index (κ2) is 8.47. The predicted molar refractivity (Wildman–Crippen MR) is 71.7 cm³/mol. The number of hydrogen-bond acceptors (Lipinski definition) is 4. The molecule has 0 spiro atoms. The van der Waals surface area contributed by atoms with Gasteiger partial charge in [0.05, 0.1) is 0 Å². The molecule has 1 amide bonds. The molecule has 3 N–H and O–H groups in total. The molecule has 1 rings (SSSR count). The first-order chi connectivity index (χ1) is 8.77. The number of nitrogens with zero attached hydrogens (tertiary/aromatic N) is 1. The first-order valence-electron chi connectivity index (χ1n) is 6.37. The summed E-state index contributed by atoms with van der Waals surface area (Å²) in [5, 5.41) is 14.6. The van der Waals surface area contributed by atoms with Gasteiger partial charge in [-0.2, -0.15) is 0 Å². The molecule has 0 fully saturated rings. The van der Waals surface area contributed by atoms with Crippen LogP contribution >= 0.6 is 0 Å². The maximum absolute atomic E-state index is 11.6. The molecule has 0 radical (unpaired) electrons. The molecule has 18 heavy (non-hydrogen) atoms. The lowest BCUT2D eigenvalue weighted by Crippen LogP contribution is -2.23. The van der Waals surface area contributed by atoms with Crippen molar-refractivity contribution in [2.24, 2.45) is 0 Å². The van der Waals surface area contributed by atoms with E-state index >= 15 is 0 Å². The average molecular weight is 251 g/mol. The molecule has 1 aromatic heterocycles. The normalized spacial score (nSPS) is 10.1. The van der Waals surface area contributed by atoms with Crippen molar-refractivity contribution < 1.29 is 9.90 Å². The van der Waals surface area contributed by atoms with Gasteiger partial charge < -0.3 is 15.7 Å². The van der Waals surface area contributed by atoms with Gasteiger partial charge in [0.15, 0.2) is 0 Å². The van der Waals surface area contributed by atoms with E-state index in [2.05, 4.69) is 15.6 Å². The molecule has 0 aromatic carbocycles. The largest absolute Gasteiger partial charge is 0.396 e. The van der Waals surface area contributed by atoms with Crippen molar-refractivity contribution in [2.75, 3.05) is 25.0 Å². The fraction of sp³-hybridized carbons (Fsp3) is 0.538. The molecule has 0 aliphatic rings. The standard InChI is InChI=1S/C13H21N3O2/c1-2-14-13(18)12-10-11(6-8-16-12)15-7-4-3-5-9-17/h6,8,10,17H,2-5,7,9H2,1H3,(H,14,18)(H,15,16). The Morgan fingerprint density at radius 1 is 1.39 bits per heavy atom. The fourth-order valence-electron chi connectivity index (χ4n) is 1.56.